The Kier molecular flexibility index (Phi) is 5.31. The second-order valence-corrected chi connectivity index (χ2v) is 4.63. The molecule has 0 bridgehead atoms. The molecule has 1 nitrogen and oxygen atoms in total. The third kappa shape index (κ3) is 4.54. The first kappa shape index (κ1) is 14.2. The van der Waals surface area contributed by atoms with E-state index in [4.69, 9.17) is 0 Å². The number of carbonyl (C=O) groups is 1. The summed E-state index contributed by atoms with van der Waals surface area (Å²) in [4.78, 5) is 10.4. The Bertz CT molecular complexity index is 489. The maximum absolute atomic E-state index is 10.4. The van der Waals surface area contributed by atoms with Gasteiger partial charge in [-0.15, -0.1) is 0 Å². The number of rotatable bonds is 1. The van der Waals surface area contributed by atoms with Crippen LogP contribution in [0.4, 0.5) is 0 Å². The van der Waals surface area contributed by atoms with Gasteiger partial charge in [0.25, 0.3) is 0 Å². The van der Waals surface area contributed by atoms with Crippen molar-refractivity contribution in [2.75, 3.05) is 0 Å². The first-order valence-corrected chi connectivity index (χ1v) is 6.08. The summed E-state index contributed by atoms with van der Waals surface area (Å²) in [7, 11) is 0. The number of hydrogen-bond acceptors (Lipinski definition) is 1. The third-order valence-corrected chi connectivity index (χ3v) is 2.78. The molecule has 0 saturated carbocycles. The summed E-state index contributed by atoms with van der Waals surface area (Å²) in [6.45, 7) is 8.11. The lowest BCUT2D eigenvalue weighted by molar-refractivity contribution is 0.112. The van der Waals surface area contributed by atoms with Crippen LogP contribution in [0.5, 0.6) is 0 Å². The van der Waals surface area contributed by atoms with Crippen LogP contribution in [-0.4, -0.2) is 6.29 Å². The van der Waals surface area contributed by atoms with E-state index < -0.39 is 0 Å². The van der Waals surface area contributed by atoms with Crippen molar-refractivity contribution in [2.24, 2.45) is 0 Å². The van der Waals surface area contributed by atoms with Gasteiger partial charge in [-0.2, -0.15) is 0 Å². The summed E-state index contributed by atoms with van der Waals surface area (Å²) in [6.07, 6.45) is 0.891. The highest BCUT2D eigenvalue weighted by molar-refractivity contribution is 5.77. The van der Waals surface area contributed by atoms with Gasteiger partial charge in [-0.25, -0.2) is 0 Å². The van der Waals surface area contributed by atoms with E-state index in [0.717, 1.165) is 23.0 Å². The Morgan fingerprint density at radius 3 is 1.56 bits per heavy atom. The molecule has 0 aliphatic carbocycles. The van der Waals surface area contributed by atoms with E-state index in [1.807, 2.05) is 32.0 Å². The van der Waals surface area contributed by atoms with Crippen molar-refractivity contribution in [3.63, 3.8) is 0 Å². The Hall–Kier alpha value is -1.89. The molecule has 0 spiro atoms. The van der Waals surface area contributed by atoms with Crippen molar-refractivity contribution in [1.82, 2.24) is 0 Å². The molecular weight excluding hydrogens is 220 g/mol. The van der Waals surface area contributed by atoms with Gasteiger partial charge >= 0.3 is 0 Å². The summed E-state index contributed by atoms with van der Waals surface area (Å²) >= 11 is 0. The molecule has 0 aliphatic heterocycles. The molecule has 2 aromatic carbocycles. The molecular formula is C17H20O. The molecule has 18 heavy (non-hydrogen) atoms. The largest absolute Gasteiger partial charge is 0.298 e. The minimum absolute atomic E-state index is 0.792. The fourth-order valence-electron chi connectivity index (χ4n) is 1.52. The normalized spacial score (nSPS) is 9.33. The third-order valence-electron chi connectivity index (χ3n) is 2.78. The van der Waals surface area contributed by atoms with Gasteiger partial charge in [0.1, 0.15) is 6.29 Å². The van der Waals surface area contributed by atoms with Crippen LogP contribution in [0.25, 0.3) is 0 Å². The number of hydrogen-bond donors (Lipinski definition) is 0. The van der Waals surface area contributed by atoms with Gasteiger partial charge in [-0.3, -0.25) is 4.79 Å². The Morgan fingerprint density at radius 1 is 0.722 bits per heavy atom. The maximum Gasteiger partial charge on any atom is 0.150 e. The Morgan fingerprint density at radius 2 is 1.17 bits per heavy atom. The van der Waals surface area contributed by atoms with Crippen LogP contribution in [0, 0.1) is 27.7 Å². The zero-order chi connectivity index (χ0) is 13.5. The highest BCUT2D eigenvalue weighted by Crippen LogP contribution is 2.07. The van der Waals surface area contributed by atoms with Crippen molar-refractivity contribution >= 4 is 6.29 Å². The zero-order valence-electron chi connectivity index (χ0n) is 11.5. The summed E-state index contributed by atoms with van der Waals surface area (Å²) in [5.74, 6) is 0. The Labute approximate surface area is 109 Å². The number of benzene rings is 2. The molecule has 0 radical (unpaired) electrons. The van der Waals surface area contributed by atoms with Crippen LogP contribution in [0.15, 0.2) is 42.5 Å². The highest BCUT2D eigenvalue weighted by atomic mass is 16.1. The zero-order valence-corrected chi connectivity index (χ0v) is 11.5. The van der Waals surface area contributed by atoms with Crippen LogP contribution in [0.2, 0.25) is 0 Å². The van der Waals surface area contributed by atoms with Crippen molar-refractivity contribution in [2.45, 2.75) is 27.7 Å². The van der Waals surface area contributed by atoms with Gasteiger partial charge in [0.15, 0.2) is 0 Å². The number of carbonyl (C=O) groups excluding carboxylic acids is 1. The molecule has 0 amide bonds. The van der Waals surface area contributed by atoms with E-state index in [0.29, 0.717) is 0 Å². The molecule has 0 heterocycles. The lowest BCUT2D eigenvalue weighted by atomic mass is 10.1. The average Bonchev–Trinajstić information content (AvgIpc) is 2.37. The predicted molar refractivity (Wildman–Crippen MR) is 77.2 cm³/mol. The molecule has 0 aromatic heterocycles. The van der Waals surface area contributed by atoms with Gasteiger partial charge in [-0.05, 0) is 39.3 Å². The van der Waals surface area contributed by atoms with Gasteiger partial charge in [0.2, 0.25) is 0 Å². The maximum atomic E-state index is 10.4. The molecule has 94 valence electrons. The van der Waals surface area contributed by atoms with E-state index in [2.05, 4.69) is 38.1 Å². The Balaban J connectivity index is 0.000000184. The molecule has 0 unspecified atom stereocenters. The second-order valence-electron chi connectivity index (χ2n) is 4.63. The summed E-state index contributed by atoms with van der Waals surface area (Å²) in [6, 6.07) is 14.3. The first-order chi connectivity index (χ1) is 8.52. The fourth-order valence-corrected chi connectivity index (χ4v) is 1.52. The van der Waals surface area contributed by atoms with Crippen molar-refractivity contribution in [3.8, 4) is 0 Å². The molecule has 0 aliphatic rings. The van der Waals surface area contributed by atoms with E-state index >= 15 is 0 Å². The molecule has 0 N–H and O–H groups in total. The molecule has 0 atom stereocenters. The second kappa shape index (κ2) is 6.75. The summed E-state index contributed by atoms with van der Waals surface area (Å²) < 4.78 is 0. The van der Waals surface area contributed by atoms with Crippen LogP contribution in [-0.2, 0) is 0 Å². The molecule has 0 fully saturated rings. The lowest BCUT2D eigenvalue weighted by Crippen LogP contribution is -1.85. The molecule has 0 saturated heterocycles. The highest BCUT2D eigenvalue weighted by Gasteiger charge is 1.94. The molecule has 2 rings (SSSR count). The van der Waals surface area contributed by atoms with E-state index in [1.54, 1.807) is 0 Å². The minimum atomic E-state index is 0.792. The van der Waals surface area contributed by atoms with Crippen LogP contribution in [0.1, 0.15) is 32.6 Å². The topological polar surface area (TPSA) is 17.1 Å². The van der Waals surface area contributed by atoms with Gasteiger partial charge < -0.3 is 0 Å². The minimum Gasteiger partial charge on any atom is -0.298 e. The first-order valence-electron chi connectivity index (χ1n) is 6.08. The number of aldehydes is 1. The predicted octanol–water partition coefficient (Wildman–Crippen LogP) is 4.42. The van der Waals surface area contributed by atoms with E-state index in [9.17, 15) is 4.79 Å². The summed E-state index contributed by atoms with van der Waals surface area (Å²) in [5.41, 5.74) is 5.62. The smallest absolute Gasteiger partial charge is 0.150 e. The monoisotopic (exact) mass is 240 g/mol. The van der Waals surface area contributed by atoms with Crippen LogP contribution < -0.4 is 0 Å². The molecule has 1 heteroatoms. The van der Waals surface area contributed by atoms with Crippen LogP contribution >= 0.6 is 0 Å². The van der Waals surface area contributed by atoms with Gasteiger partial charge in [0.05, 0.1) is 0 Å². The van der Waals surface area contributed by atoms with Crippen molar-refractivity contribution in [1.29, 1.82) is 0 Å². The average molecular weight is 240 g/mol. The SMILES string of the molecule is Cc1ccc(C)c(C=O)c1.Cc1ccc(C)cc1. The molecule has 2 aromatic rings. The van der Waals surface area contributed by atoms with Gasteiger partial charge in [0, 0.05) is 5.56 Å². The number of aryl methyl sites for hydroxylation is 4. The van der Waals surface area contributed by atoms with Crippen LogP contribution in [0.3, 0.4) is 0 Å². The van der Waals surface area contributed by atoms with Crippen molar-refractivity contribution in [3.05, 3.63) is 70.3 Å². The quantitative estimate of drug-likeness (QED) is 0.674. The fraction of sp³-hybridized carbons (Fsp3) is 0.235. The van der Waals surface area contributed by atoms with Crippen molar-refractivity contribution < 1.29 is 4.79 Å². The lowest BCUT2D eigenvalue weighted by Gasteiger charge is -1.97. The van der Waals surface area contributed by atoms with Gasteiger partial charge in [-0.1, -0.05) is 53.1 Å². The van der Waals surface area contributed by atoms with E-state index in [-0.39, 0.29) is 0 Å². The standard InChI is InChI=1S/C9H10O.C8H10/c1-7-3-4-8(2)9(5-7)6-10;1-7-3-5-8(2)6-4-7/h3-6H,1-2H3;3-6H,1-2H3. The summed E-state index contributed by atoms with van der Waals surface area (Å²) in [5, 5.41) is 0. The van der Waals surface area contributed by atoms with E-state index in [1.165, 1.54) is 11.1 Å².